The second-order valence-corrected chi connectivity index (χ2v) is 7.23. The fraction of sp³-hybridized carbons (Fsp3) is 0.409. The monoisotopic (exact) mass is 369 g/mol. The summed E-state index contributed by atoms with van der Waals surface area (Å²) in [5.74, 6) is 0.550. The van der Waals surface area contributed by atoms with Gasteiger partial charge >= 0.3 is 5.97 Å². The molecule has 0 aromatic heterocycles. The molecule has 0 bridgehead atoms. The van der Waals surface area contributed by atoms with Crippen molar-refractivity contribution >= 4 is 5.97 Å². The van der Waals surface area contributed by atoms with E-state index in [0.717, 1.165) is 37.2 Å². The zero-order valence-electron chi connectivity index (χ0n) is 15.5. The third-order valence-corrected chi connectivity index (χ3v) is 5.45. The fourth-order valence-corrected chi connectivity index (χ4v) is 3.96. The lowest BCUT2D eigenvalue weighted by Crippen LogP contribution is -2.51. The van der Waals surface area contributed by atoms with Gasteiger partial charge in [0.25, 0.3) is 0 Å². The van der Waals surface area contributed by atoms with Gasteiger partial charge in [-0.2, -0.15) is 0 Å². The largest absolute Gasteiger partial charge is 0.489 e. The molecule has 1 fully saturated rings. The van der Waals surface area contributed by atoms with Crippen molar-refractivity contribution in [2.45, 2.75) is 32.4 Å². The summed E-state index contributed by atoms with van der Waals surface area (Å²) in [7, 11) is 0. The first-order valence-electron chi connectivity index (χ1n) is 9.55. The molecule has 2 aromatic carbocycles. The number of esters is 1. The molecule has 1 heterocycles. The van der Waals surface area contributed by atoms with Crippen LogP contribution in [0.5, 0.6) is 5.75 Å². The topological polar surface area (TPSA) is 38.8 Å². The van der Waals surface area contributed by atoms with Gasteiger partial charge in [-0.3, -0.25) is 9.69 Å². The Hall–Kier alpha value is -2.40. The Morgan fingerprint density at radius 1 is 1.19 bits per heavy atom. The van der Waals surface area contributed by atoms with Crippen LogP contribution >= 0.6 is 0 Å². The summed E-state index contributed by atoms with van der Waals surface area (Å²) in [5, 5.41) is 0. The van der Waals surface area contributed by atoms with E-state index in [-0.39, 0.29) is 17.7 Å². The average Bonchev–Trinajstić information content (AvgIpc) is 3.03. The maximum Gasteiger partial charge on any atom is 0.311 e. The lowest BCUT2D eigenvalue weighted by molar-refractivity contribution is -0.155. The highest BCUT2D eigenvalue weighted by Gasteiger charge is 2.40. The second-order valence-electron chi connectivity index (χ2n) is 7.23. The summed E-state index contributed by atoms with van der Waals surface area (Å²) >= 11 is 0. The van der Waals surface area contributed by atoms with Gasteiger partial charge in [-0.05, 0) is 60.7 Å². The highest BCUT2D eigenvalue weighted by molar-refractivity contribution is 5.74. The number of hydrogen-bond acceptors (Lipinski definition) is 4. The standard InChI is InChI=1S/C22H24FNO3/c1-2-26-22(25)17-12-24(13-17)21-10-5-16-11-19(8-9-20(16)21)27-14-15-3-6-18(23)7-4-15/h3-4,6-9,11,17,21H,2,5,10,12-14H2,1H3. The van der Waals surface area contributed by atoms with Crippen LogP contribution in [-0.2, 0) is 22.6 Å². The highest BCUT2D eigenvalue weighted by Crippen LogP contribution is 2.40. The van der Waals surface area contributed by atoms with E-state index in [1.165, 1.54) is 23.3 Å². The zero-order valence-corrected chi connectivity index (χ0v) is 15.5. The molecule has 0 spiro atoms. The van der Waals surface area contributed by atoms with Gasteiger partial charge in [-0.1, -0.05) is 18.2 Å². The van der Waals surface area contributed by atoms with Gasteiger partial charge in [0.1, 0.15) is 18.2 Å². The van der Waals surface area contributed by atoms with E-state index in [1.807, 2.05) is 13.0 Å². The Kier molecular flexibility index (Phi) is 5.12. The number of benzene rings is 2. The quantitative estimate of drug-likeness (QED) is 0.724. The van der Waals surface area contributed by atoms with Gasteiger partial charge < -0.3 is 9.47 Å². The van der Waals surface area contributed by atoms with Crippen LogP contribution in [0.2, 0.25) is 0 Å². The Bertz CT molecular complexity index is 815. The molecule has 1 aliphatic carbocycles. The molecule has 2 aliphatic rings. The number of ether oxygens (including phenoxy) is 2. The lowest BCUT2D eigenvalue weighted by atomic mass is 9.95. The normalized spacial score (nSPS) is 19.4. The Morgan fingerprint density at radius 2 is 1.96 bits per heavy atom. The summed E-state index contributed by atoms with van der Waals surface area (Å²) in [6, 6.07) is 13.0. The first-order valence-corrected chi connectivity index (χ1v) is 9.55. The molecule has 4 rings (SSSR count). The number of nitrogens with zero attached hydrogens (tertiary/aromatic N) is 1. The minimum Gasteiger partial charge on any atom is -0.489 e. The van der Waals surface area contributed by atoms with Crippen LogP contribution < -0.4 is 4.74 Å². The van der Waals surface area contributed by atoms with E-state index in [2.05, 4.69) is 17.0 Å². The minimum atomic E-state index is -0.237. The van der Waals surface area contributed by atoms with Crippen LogP contribution in [0.4, 0.5) is 4.39 Å². The molecule has 1 aliphatic heterocycles. The van der Waals surface area contributed by atoms with E-state index in [4.69, 9.17) is 9.47 Å². The number of rotatable bonds is 6. The van der Waals surface area contributed by atoms with E-state index < -0.39 is 0 Å². The maximum atomic E-state index is 13.0. The van der Waals surface area contributed by atoms with Crippen molar-refractivity contribution in [2.75, 3.05) is 19.7 Å². The molecule has 0 amide bonds. The summed E-state index contributed by atoms with van der Waals surface area (Å²) in [6.07, 6.45) is 2.10. The third kappa shape index (κ3) is 3.83. The number of aryl methyl sites for hydroxylation is 1. The predicted molar refractivity (Wildman–Crippen MR) is 99.9 cm³/mol. The van der Waals surface area contributed by atoms with Crippen LogP contribution in [0.25, 0.3) is 0 Å². The molecular formula is C22H24FNO3. The number of hydrogen-bond donors (Lipinski definition) is 0. The van der Waals surface area contributed by atoms with Gasteiger partial charge in [0.05, 0.1) is 12.5 Å². The van der Waals surface area contributed by atoms with Gasteiger partial charge in [-0.25, -0.2) is 4.39 Å². The molecular weight excluding hydrogens is 345 g/mol. The molecule has 142 valence electrons. The fourth-order valence-electron chi connectivity index (χ4n) is 3.96. The van der Waals surface area contributed by atoms with Crippen molar-refractivity contribution in [1.82, 2.24) is 4.90 Å². The molecule has 1 saturated heterocycles. The zero-order chi connectivity index (χ0) is 18.8. The van der Waals surface area contributed by atoms with E-state index >= 15 is 0 Å². The van der Waals surface area contributed by atoms with Gasteiger partial charge in [0, 0.05) is 19.1 Å². The Balaban J connectivity index is 1.35. The summed E-state index contributed by atoms with van der Waals surface area (Å²) in [6.45, 7) is 4.28. The van der Waals surface area contributed by atoms with Crippen molar-refractivity contribution in [3.63, 3.8) is 0 Å². The van der Waals surface area contributed by atoms with Crippen LogP contribution in [0.3, 0.4) is 0 Å². The summed E-state index contributed by atoms with van der Waals surface area (Å²) in [5.41, 5.74) is 3.60. The smallest absolute Gasteiger partial charge is 0.311 e. The van der Waals surface area contributed by atoms with Crippen molar-refractivity contribution < 1.29 is 18.7 Å². The maximum absolute atomic E-state index is 13.0. The lowest BCUT2D eigenvalue weighted by Gasteiger charge is -2.42. The first kappa shape index (κ1) is 18.0. The van der Waals surface area contributed by atoms with Crippen molar-refractivity contribution in [3.8, 4) is 5.75 Å². The molecule has 1 unspecified atom stereocenters. The molecule has 0 N–H and O–H groups in total. The van der Waals surface area contributed by atoms with Crippen molar-refractivity contribution in [3.05, 3.63) is 65.0 Å². The number of likely N-dealkylation sites (tertiary alicyclic amines) is 1. The van der Waals surface area contributed by atoms with E-state index in [1.54, 1.807) is 12.1 Å². The first-order chi connectivity index (χ1) is 13.1. The molecule has 1 atom stereocenters. The van der Waals surface area contributed by atoms with Gasteiger partial charge in [-0.15, -0.1) is 0 Å². The average molecular weight is 369 g/mol. The number of carbonyl (C=O) groups is 1. The summed E-state index contributed by atoms with van der Waals surface area (Å²) < 4.78 is 24.0. The summed E-state index contributed by atoms with van der Waals surface area (Å²) in [4.78, 5) is 14.2. The number of halogens is 1. The Morgan fingerprint density at radius 3 is 2.70 bits per heavy atom. The third-order valence-electron chi connectivity index (χ3n) is 5.45. The molecule has 5 heteroatoms. The van der Waals surface area contributed by atoms with Crippen LogP contribution in [0.1, 0.15) is 36.1 Å². The SMILES string of the molecule is CCOC(=O)C1CN(C2CCc3cc(OCc4ccc(F)cc4)ccc32)C1. The molecule has 2 aromatic rings. The molecule has 0 radical (unpaired) electrons. The van der Waals surface area contributed by atoms with Gasteiger partial charge in [0.15, 0.2) is 0 Å². The van der Waals surface area contributed by atoms with Crippen molar-refractivity contribution in [2.24, 2.45) is 5.92 Å². The molecule has 0 saturated carbocycles. The Labute approximate surface area is 158 Å². The van der Waals surface area contributed by atoms with Gasteiger partial charge in [0.2, 0.25) is 0 Å². The van der Waals surface area contributed by atoms with E-state index in [0.29, 0.717) is 19.3 Å². The van der Waals surface area contributed by atoms with Crippen molar-refractivity contribution in [1.29, 1.82) is 0 Å². The minimum absolute atomic E-state index is 0.0207. The predicted octanol–water partition coefficient (Wildman–Crippen LogP) is 3.89. The number of fused-ring (bicyclic) bond motifs is 1. The highest BCUT2D eigenvalue weighted by atomic mass is 19.1. The van der Waals surface area contributed by atoms with Crippen LogP contribution in [0, 0.1) is 11.7 Å². The number of carbonyl (C=O) groups excluding carboxylic acids is 1. The second kappa shape index (κ2) is 7.69. The molecule has 4 nitrogen and oxygen atoms in total. The van der Waals surface area contributed by atoms with Crippen LogP contribution in [0.15, 0.2) is 42.5 Å². The van der Waals surface area contributed by atoms with E-state index in [9.17, 15) is 9.18 Å². The molecule has 27 heavy (non-hydrogen) atoms. The van der Waals surface area contributed by atoms with Crippen LogP contribution in [-0.4, -0.2) is 30.6 Å².